The number of rotatable bonds is 6. The number of pyridine rings is 1. The molecule has 0 radical (unpaired) electrons. The van der Waals surface area contributed by atoms with Crippen molar-refractivity contribution in [2.45, 2.75) is 19.9 Å². The number of ether oxygens (including phenoxy) is 1. The van der Waals surface area contributed by atoms with Crippen LogP contribution >= 0.6 is 11.6 Å². The first-order valence-electron chi connectivity index (χ1n) is 6.72. The van der Waals surface area contributed by atoms with Crippen molar-refractivity contribution in [2.24, 2.45) is 0 Å². The third kappa shape index (κ3) is 4.22. The number of benzene rings is 1. The molecule has 0 saturated carbocycles. The highest BCUT2D eigenvalue weighted by Gasteiger charge is 2.12. The molecule has 0 aliphatic carbocycles. The van der Waals surface area contributed by atoms with Gasteiger partial charge in [-0.3, -0.25) is 4.98 Å². The fraction of sp³-hybridized carbons (Fsp3) is 0.312. The normalized spacial score (nSPS) is 12.2. The summed E-state index contributed by atoms with van der Waals surface area (Å²) < 4.78 is 5.82. The van der Waals surface area contributed by atoms with Gasteiger partial charge in [0.15, 0.2) is 0 Å². The van der Waals surface area contributed by atoms with Crippen LogP contribution in [-0.4, -0.2) is 18.1 Å². The first kappa shape index (κ1) is 14.8. The molecule has 1 atom stereocenters. The molecule has 0 fully saturated rings. The molecule has 0 spiro atoms. The minimum atomic E-state index is 0.117. The van der Waals surface area contributed by atoms with Crippen molar-refractivity contribution in [3.63, 3.8) is 0 Å². The molecule has 0 bridgehead atoms. The molecule has 20 heavy (non-hydrogen) atoms. The fourth-order valence-corrected chi connectivity index (χ4v) is 2.20. The number of nitrogens with zero attached hydrogens (tertiary/aromatic N) is 1. The molecule has 0 aliphatic heterocycles. The topological polar surface area (TPSA) is 34.1 Å². The summed E-state index contributed by atoms with van der Waals surface area (Å²) in [6.07, 6.45) is 3.73. The van der Waals surface area contributed by atoms with Gasteiger partial charge in [0, 0.05) is 17.4 Å². The first-order valence-corrected chi connectivity index (χ1v) is 7.10. The highest BCUT2D eigenvalue weighted by Crippen LogP contribution is 2.20. The Kier molecular flexibility index (Phi) is 5.39. The molecule has 0 amide bonds. The average Bonchev–Trinajstić information content (AvgIpc) is 2.43. The highest BCUT2D eigenvalue weighted by atomic mass is 35.5. The third-order valence-corrected chi connectivity index (χ3v) is 3.20. The summed E-state index contributed by atoms with van der Waals surface area (Å²) in [5.74, 6) is 0.779. The maximum Gasteiger partial charge on any atom is 0.120 e. The lowest BCUT2D eigenvalue weighted by molar-refractivity contribution is 0.268. The van der Waals surface area contributed by atoms with Gasteiger partial charge in [0.25, 0.3) is 0 Å². The minimum absolute atomic E-state index is 0.117. The minimum Gasteiger partial charge on any atom is -0.492 e. The second-order valence-electron chi connectivity index (χ2n) is 4.67. The quantitative estimate of drug-likeness (QED) is 0.879. The number of halogens is 1. The number of likely N-dealkylation sites (N-methyl/N-ethyl adjacent to an activating group) is 1. The van der Waals surface area contributed by atoms with Crippen molar-refractivity contribution in [1.29, 1.82) is 0 Å². The van der Waals surface area contributed by atoms with Gasteiger partial charge in [-0.25, -0.2) is 0 Å². The SMILES string of the molecule is CCNC(COc1cccc(Cl)c1)c1cncc(C)c1. The Morgan fingerprint density at radius 3 is 2.85 bits per heavy atom. The van der Waals surface area contributed by atoms with Gasteiger partial charge in [-0.05, 0) is 42.8 Å². The van der Waals surface area contributed by atoms with E-state index in [1.165, 1.54) is 0 Å². The average molecular weight is 291 g/mol. The molecule has 1 aromatic heterocycles. The molecule has 1 N–H and O–H groups in total. The molecule has 1 unspecified atom stereocenters. The van der Waals surface area contributed by atoms with Crippen LogP contribution in [0.5, 0.6) is 5.75 Å². The molecule has 0 saturated heterocycles. The van der Waals surface area contributed by atoms with Gasteiger partial charge in [-0.2, -0.15) is 0 Å². The van der Waals surface area contributed by atoms with Crippen LogP contribution in [0.2, 0.25) is 5.02 Å². The number of aryl methyl sites for hydroxylation is 1. The molecule has 1 heterocycles. The Hall–Kier alpha value is -1.58. The fourth-order valence-electron chi connectivity index (χ4n) is 2.02. The summed E-state index contributed by atoms with van der Waals surface area (Å²) >= 11 is 5.95. The van der Waals surface area contributed by atoms with Gasteiger partial charge in [-0.1, -0.05) is 30.7 Å². The molecule has 0 aliphatic rings. The van der Waals surface area contributed by atoms with Crippen LogP contribution in [0.25, 0.3) is 0 Å². The van der Waals surface area contributed by atoms with Crippen LogP contribution < -0.4 is 10.1 Å². The molecule has 1 aromatic carbocycles. The Morgan fingerprint density at radius 2 is 2.15 bits per heavy atom. The van der Waals surface area contributed by atoms with E-state index in [1.54, 1.807) is 0 Å². The summed E-state index contributed by atoms with van der Waals surface area (Å²) in [5, 5.41) is 4.09. The Labute approximate surface area is 124 Å². The molecule has 2 aromatic rings. The number of hydrogen-bond donors (Lipinski definition) is 1. The van der Waals surface area contributed by atoms with Gasteiger partial charge in [0.05, 0.1) is 6.04 Å². The summed E-state index contributed by atoms with van der Waals surface area (Å²) in [7, 11) is 0. The Balaban J connectivity index is 2.06. The number of nitrogens with one attached hydrogen (secondary N) is 1. The third-order valence-electron chi connectivity index (χ3n) is 2.96. The molecular formula is C16H19ClN2O. The van der Waals surface area contributed by atoms with Gasteiger partial charge in [-0.15, -0.1) is 0 Å². The molecule has 4 heteroatoms. The lowest BCUT2D eigenvalue weighted by Gasteiger charge is -2.19. The van der Waals surface area contributed by atoms with Crippen molar-refractivity contribution in [2.75, 3.05) is 13.2 Å². The van der Waals surface area contributed by atoms with Gasteiger partial charge >= 0.3 is 0 Å². The predicted octanol–water partition coefficient (Wildman–Crippen LogP) is 3.77. The van der Waals surface area contributed by atoms with Gasteiger partial charge in [0.1, 0.15) is 12.4 Å². The van der Waals surface area contributed by atoms with Crippen molar-refractivity contribution >= 4 is 11.6 Å². The maximum absolute atomic E-state index is 5.95. The molecular weight excluding hydrogens is 272 g/mol. The van der Waals surface area contributed by atoms with E-state index >= 15 is 0 Å². The van der Waals surface area contributed by atoms with E-state index < -0.39 is 0 Å². The van der Waals surface area contributed by atoms with Crippen molar-refractivity contribution < 1.29 is 4.74 Å². The van der Waals surface area contributed by atoms with Gasteiger partial charge < -0.3 is 10.1 Å². The zero-order chi connectivity index (χ0) is 14.4. The Morgan fingerprint density at radius 1 is 1.30 bits per heavy atom. The number of aromatic nitrogens is 1. The van der Waals surface area contributed by atoms with Crippen molar-refractivity contribution in [1.82, 2.24) is 10.3 Å². The summed E-state index contributed by atoms with van der Waals surface area (Å²) in [6, 6.07) is 9.69. The maximum atomic E-state index is 5.95. The lowest BCUT2D eigenvalue weighted by Crippen LogP contribution is -2.26. The standard InChI is InChI=1S/C16H19ClN2O/c1-3-19-16(13-7-12(2)9-18-10-13)11-20-15-6-4-5-14(17)8-15/h4-10,16,19H,3,11H2,1-2H3. The summed E-state index contributed by atoms with van der Waals surface area (Å²) in [6.45, 7) is 5.53. The lowest BCUT2D eigenvalue weighted by atomic mass is 10.1. The van der Waals surface area contributed by atoms with Crippen LogP contribution in [0.4, 0.5) is 0 Å². The van der Waals surface area contributed by atoms with E-state index in [4.69, 9.17) is 16.3 Å². The summed E-state index contributed by atoms with van der Waals surface area (Å²) in [4.78, 5) is 4.24. The Bertz CT molecular complexity index is 560. The van der Waals surface area contributed by atoms with Crippen LogP contribution in [0, 0.1) is 6.92 Å². The summed E-state index contributed by atoms with van der Waals surface area (Å²) in [5.41, 5.74) is 2.28. The highest BCUT2D eigenvalue weighted by molar-refractivity contribution is 6.30. The van der Waals surface area contributed by atoms with Gasteiger partial charge in [0.2, 0.25) is 0 Å². The molecule has 3 nitrogen and oxygen atoms in total. The van der Waals surface area contributed by atoms with E-state index in [1.807, 2.05) is 43.6 Å². The smallest absolute Gasteiger partial charge is 0.120 e. The predicted molar refractivity (Wildman–Crippen MR) is 82.3 cm³/mol. The van der Waals surface area contributed by atoms with E-state index in [-0.39, 0.29) is 6.04 Å². The van der Waals surface area contributed by atoms with Crippen molar-refractivity contribution in [3.8, 4) is 5.75 Å². The van der Waals surface area contributed by atoms with E-state index in [0.717, 1.165) is 23.4 Å². The monoisotopic (exact) mass is 290 g/mol. The zero-order valence-corrected chi connectivity index (χ0v) is 12.5. The second kappa shape index (κ2) is 7.27. The molecule has 2 rings (SSSR count). The largest absolute Gasteiger partial charge is 0.492 e. The van der Waals surface area contributed by atoms with Crippen LogP contribution in [0.1, 0.15) is 24.1 Å². The van der Waals surface area contributed by atoms with E-state index in [9.17, 15) is 0 Å². The van der Waals surface area contributed by atoms with Crippen LogP contribution in [0.3, 0.4) is 0 Å². The van der Waals surface area contributed by atoms with E-state index in [2.05, 4.69) is 23.3 Å². The van der Waals surface area contributed by atoms with Crippen molar-refractivity contribution in [3.05, 3.63) is 58.9 Å². The number of hydrogen-bond acceptors (Lipinski definition) is 3. The van der Waals surface area contributed by atoms with Crippen LogP contribution in [0.15, 0.2) is 42.7 Å². The second-order valence-corrected chi connectivity index (χ2v) is 5.11. The van der Waals surface area contributed by atoms with E-state index in [0.29, 0.717) is 11.6 Å². The first-order chi connectivity index (χ1) is 9.69. The molecule has 106 valence electrons. The zero-order valence-electron chi connectivity index (χ0n) is 11.8. The van der Waals surface area contributed by atoms with Crippen LogP contribution in [-0.2, 0) is 0 Å².